The average Bonchev–Trinajstić information content (AvgIpc) is 2.70. The molecule has 0 aliphatic rings. The van der Waals surface area contributed by atoms with Gasteiger partial charge in [0.25, 0.3) is 5.56 Å². The van der Waals surface area contributed by atoms with Gasteiger partial charge in [-0.1, -0.05) is 11.8 Å². The van der Waals surface area contributed by atoms with E-state index in [0.29, 0.717) is 5.16 Å². The van der Waals surface area contributed by atoms with E-state index in [1.165, 1.54) is 28.3 Å². The first-order valence-corrected chi connectivity index (χ1v) is 7.56. The molecule has 2 unspecified atom stereocenters. The number of nitrogen functional groups attached to an aromatic ring is 1. The minimum absolute atomic E-state index is 0.0462. The van der Waals surface area contributed by atoms with Crippen LogP contribution in [0.5, 0.6) is 0 Å². The zero-order valence-electron chi connectivity index (χ0n) is 10.7. The van der Waals surface area contributed by atoms with E-state index in [1.54, 1.807) is 11.3 Å². The summed E-state index contributed by atoms with van der Waals surface area (Å²) in [6, 6.07) is 3.27. The van der Waals surface area contributed by atoms with Gasteiger partial charge in [0.15, 0.2) is 5.16 Å². The molecule has 0 fully saturated rings. The third-order valence-corrected chi connectivity index (χ3v) is 5.20. The number of aryl methyl sites for hydroxylation is 1. The Morgan fingerprint density at radius 1 is 1.53 bits per heavy atom. The average molecular weight is 296 g/mol. The number of anilines is 1. The van der Waals surface area contributed by atoms with Crippen LogP contribution in [0.2, 0.25) is 0 Å². The van der Waals surface area contributed by atoms with Gasteiger partial charge in [-0.05, 0) is 30.9 Å². The van der Waals surface area contributed by atoms with Crippen LogP contribution in [0.1, 0.15) is 22.6 Å². The zero-order chi connectivity index (χ0) is 14.0. The number of hydrogen-bond acceptors (Lipinski definition) is 6. The summed E-state index contributed by atoms with van der Waals surface area (Å²) in [7, 11) is 0. The van der Waals surface area contributed by atoms with Crippen molar-refractivity contribution in [1.82, 2.24) is 9.97 Å². The highest BCUT2D eigenvalue weighted by Crippen LogP contribution is 2.39. The standard InChI is InChI=1S/C12H16N4OS2/c1-6-3-4-18-10(6)11(7(2)13)19-12-15-8(14)5-9(17)16-12/h3-5,7,11H,13H2,1-2H3,(H3,14,15,16,17). The number of thioether (sulfide) groups is 1. The molecule has 0 aliphatic heterocycles. The lowest BCUT2D eigenvalue weighted by Gasteiger charge is -2.19. The van der Waals surface area contributed by atoms with Gasteiger partial charge in [0.05, 0.1) is 5.25 Å². The van der Waals surface area contributed by atoms with E-state index in [0.717, 1.165) is 0 Å². The first-order valence-electron chi connectivity index (χ1n) is 5.80. The normalized spacial score (nSPS) is 14.3. The lowest BCUT2D eigenvalue weighted by Crippen LogP contribution is -2.23. The van der Waals surface area contributed by atoms with Gasteiger partial charge in [-0.15, -0.1) is 11.3 Å². The fourth-order valence-electron chi connectivity index (χ4n) is 1.70. The van der Waals surface area contributed by atoms with Crippen molar-refractivity contribution in [3.05, 3.63) is 38.3 Å². The Bertz CT molecular complexity index is 620. The molecular formula is C12H16N4OS2. The molecule has 0 bridgehead atoms. The van der Waals surface area contributed by atoms with E-state index in [1.807, 2.05) is 12.3 Å². The number of thiophene rings is 1. The molecule has 0 aromatic carbocycles. The Labute approximate surface area is 119 Å². The summed E-state index contributed by atoms with van der Waals surface area (Å²) in [6.07, 6.45) is 0. The van der Waals surface area contributed by atoms with E-state index >= 15 is 0 Å². The van der Waals surface area contributed by atoms with Crippen LogP contribution in [0.4, 0.5) is 5.82 Å². The van der Waals surface area contributed by atoms with Crippen LogP contribution in [-0.4, -0.2) is 16.0 Å². The summed E-state index contributed by atoms with van der Waals surface area (Å²) in [5.74, 6) is 0.220. The molecule has 0 saturated carbocycles. The maximum atomic E-state index is 11.4. The molecule has 0 spiro atoms. The molecule has 0 aliphatic carbocycles. The van der Waals surface area contributed by atoms with Crippen molar-refractivity contribution in [3.8, 4) is 0 Å². The van der Waals surface area contributed by atoms with Gasteiger partial charge in [-0.3, -0.25) is 4.79 Å². The summed E-state index contributed by atoms with van der Waals surface area (Å²) in [5.41, 5.74) is 12.6. The number of nitrogens with zero attached hydrogens (tertiary/aromatic N) is 1. The second-order valence-electron chi connectivity index (χ2n) is 4.34. The molecule has 5 N–H and O–H groups in total. The third kappa shape index (κ3) is 3.37. The number of hydrogen-bond donors (Lipinski definition) is 3. The van der Waals surface area contributed by atoms with Crippen LogP contribution in [0.3, 0.4) is 0 Å². The van der Waals surface area contributed by atoms with Crippen LogP contribution in [0.25, 0.3) is 0 Å². The van der Waals surface area contributed by atoms with Crippen LogP contribution < -0.4 is 17.0 Å². The molecule has 0 saturated heterocycles. The van der Waals surface area contributed by atoms with Crippen molar-refractivity contribution in [1.29, 1.82) is 0 Å². The van der Waals surface area contributed by atoms with E-state index in [2.05, 4.69) is 23.0 Å². The third-order valence-electron chi connectivity index (χ3n) is 2.62. The van der Waals surface area contributed by atoms with E-state index in [-0.39, 0.29) is 22.7 Å². The molecule has 0 amide bonds. The quantitative estimate of drug-likeness (QED) is 0.591. The molecule has 5 nitrogen and oxygen atoms in total. The summed E-state index contributed by atoms with van der Waals surface area (Å²) in [5, 5.41) is 2.58. The second kappa shape index (κ2) is 5.77. The van der Waals surface area contributed by atoms with Crippen LogP contribution in [-0.2, 0) is 0 Å². The van der Waals surface area contributed by atoms with Crippen molar-refractivity contribution in [3.63, 3.8) is 0 Å². The summed E-state index contributed by atoms with van der Waals surface area (Å²) >= 11 is 3.10. The second-order valence-corrected chi connectivity index (χ2v) is 6.42. The Balaban J connectivity index is 2.32. The van der Waals surface area contributed by atoms with Gasteiger partial charge in [0, 0.05) is 17.0 Å². The number of aromatic nitrogens is 2. The lowest BCUT2D eigenvalue weighted by molar-refractivity contribution is 0.723. The molecule has 2 aromatic rings. The highest BCUT2D eigenvalue weighted by atomic mass is 32.2. The number of nitrogens with one attached hydrogen (secondary N) is 1. The molecule has 19 heavy (non-hydrogen) atoms. The predicted molar refractivity (Wildman–Crippen MR) is 80.6 cm³/mol. The first kappa shape index (κ1) is 14.1. The Hall–Kier alpha value is -1.31. The molecule has 102 valence electrons. The van der Waals surface area contributed by atoms with Crippen molar-refractivity contribution in [2.24, 2.45) is 5.73 Å². The molecule has 2 aromatic heterocycles. The van der Waals surface area contributed by atoms with Crippen molar-refractivity contribution in [2.45, 2.75) is 30.3 Å². The topological polar surface area (TPSA) is 97.8 Å². The number of H-pyrrole nitrogens is 1. The van der Waals surface area contributed by atoms with Crippen LogP contribution in [0, 0.1) is 6.92 Å². The molecule has 7 heteroatoms. The molecule has 2 atom stereocenters. The van der Waals surface area contributed by atoms with Gasteiger partial charge in [0.2, 0.25) is 0 Å². The Morgan fingerprint density at radius 2 is 2.26 bits per heavy atom. The number of nitrogens with two attached hydrogens (primary N) is 2. The molecule has 2 heterocycles. The number of rotatable bonds is 4. The minimum atomic E-state index is -0.249. The van der Waals surface area contributed by atoms with Crippen molar-refractivity contribution >= 4 is 28.9 Å². The van der Waals surface area contributed by atoms with Crippen molar-refractivity contribution < 1.29 is 0 Å². The summed E-state index contributed by atoms with van der Waals surface area (Å²) in [6.45, 7) is 4.00. The highest BCUT2D eigenvalue weighted by molar-refractivity contribution is 7.99. The lowest BCUT2D eigenvalue weighted by atomic mass is 10.1. The monoisotopic (exact) mass is 296 g/mol. The van der Waals surface area contributed by atoms with E-state index in [4.69, 9.17) is 11.5 Å². The van der Waals surface area contributed by atoms with Gasteiger partial charge in [0.1, 0.15) is 5.82 Å². The number of aromatic amines is 1. The van der Waals surface area contributed by atoms with Gasteiger partial charge >= 0.3 is 0 Å². The Kier molecular flexibility index (Phi) is 4.28. The van der Waals surface area contributed by atoms with Crippen LogP contribution >= 0.6 is 23.1 Å². The van der Waals surface area contributed by atoms with Gasteiger partial charge in [-0.25, -0.2) is 4.98 Å². The fraction of sp³-hybridized carbons (Fsp3) is 0.333. The largest absolute Gasteiger partial charge is 0.383 e. The SMILES string of the molecule is Cc1ccsc1C(Sc1nc(N)cc(=O)[nH]1)C(C)N. The van der Waals surface area contributed by atoms with E-state index in [9.17, 15) is 4.79 Å². The molecule has 0 radical (unpaired) electrons. The molecular weight excluding hydrogens is 280 g/mol. The summed E-state index contributed by atoms with van der Waals surface area (Å²) in [4.78, 5) is 19.4. The minimum Gasteiger partial charge on any atom is -0.383 e. The zero-order valence-corrected chi connectivity index (χ0v) is 12.3. The maximum absolute atomic E-state index is 11.4. The smallest absolute Gasteiger partial charge is 0.253 e. The summed E-state index contributed by atoms with van der Waals surface area (Å²) < 4.78 is 0. The predicted octanol–water partition coefficient (Wildman–Crippen LogP) is 1.90. The Morgan fingerprint density at radius 3 is 2.79 bits per heavy atom. The first-order chi connectivity index (χ1) is 8.97. The highest BCUT2D eigenvalue weighted by Gasteiger charge is 2.22. The van der Waals surface area contributed by atoms with Crippen molar-refractivity contribution in [2.75, 3.05) is 5.73 Å². The fourth-order valence-corrected chi connectivity index (χ4v) is 4.10. The van der Waals surface area contributed by atoms with E-state index < -0.39 is 0 Å². The van der Waals surface area contributed by atoms with Gasteiger partial charge in [-0.2, -0.15) is 0 Å². The maximum Gasteiger partial charge on any atom is 0.253 e. The van der Waals surface area contributed by atoms with Gasteiger partial charge < -0.3 is 16.5 Å². The molecule has 2 rings (SSSR count). The van der Waals surface area contributed by atoms with Crippen LogP contribution in [0.15, 0.2) is 27.5 Å².